The number of imidazole rings is 7. The molecule has 17 aromatic heterocycles. The molecule has 0 aliphatic carbocycles. The Labute approximate surface area is 850 Å². The van der Waals surface area contributed by atoms with Crippen molar-refractivity contribution in [2.24, 2.45) is 7.05 Å². The smallest absolute Gasteiger partial charge is 0.188 e. The van der Waals surface area contributed by atoms with Gasteiger partial charge in [0.2, 0.25) is 0 Å². The quantitative estimate of drug-likeness (QED) is 0.0569. The first kappa shape index (κ1) is 98.9. The maximum atomic E-state index is 13.6. The van der Waals surface area contributed by atoms with Crippen molar-refractivity contribution in [3.63, 3.8) is 0 Å². The molecule has 0 radical (unpaired) electrons. The minimum absolute atomic E-state index is 0.00520. The maximum absolute atomic E-state index is 13.6. The van der Waals surface area contributed by atoms with E-state index < -0.39 is 9.84 Å². The molecule has 0 aliphatic rings. The Morgan fingerprint density at radius 2 is 0.759 bits per heavy atom. The van der Waals surface area contributed by atoms with E-state index in [0.717, 1.165) is 210 Å². The summed E-state index contributed by atoms with van der Waals surface area (Å²) in [5.74, 6) is 0.531. The molecule has 0 saturated carbocycles. The summed E-state index contributed by atoms with van der Waals surface area (Å²) >= 11 is 8.46. The molecule has 0 amide bonds. The number of hydrogen-bond donors (Lipinski definition) is 0. The number of methoxy groups -OCH3 is 1. The number of fused-ring (bicyclic) bond motifs is 7. The number of rotatable bonds is 22. The van der Waals surface area contributed by atoms with E-state index in [1.54, 1.807) is 34.9 Å². The molecule has 0 fully saturated rings. The SMILES string of the molecule is COc1ccc(-c2nc3ccc(C)cn3c2CC(=O)c2cnn3c(C)cc(C)nc23)cc1.Cc1ccc(-c2nc3ccc(C)cn3c2CC(=O)c2c(C)nc3cc(C)ccn23)cc1.Cc1ccc(-c2nc3ccc(C)cn3c2CC(=O)c2cn(C)cn2)cc1.Cc1ccc(-c2nc3ccc(C)cn3c2CC(=O)c2scc(S(C)(=O)=O)c2Cl)cc1.Cc1ccc(-c2nc3ccc(C)cn3c2CC(=O)c2snnc2C)cc1. The highest BCUT2D eigenvalue weighted by atomic mass is 35.5. The van der Waals surface area contributed by atoms with E-state index in [1.807, 2.05) is 274 Å². The monoisotopic (exact) mass is 2000 g/mol. The van der Waals surface area contributed by atoms with E-state index in [2.05, 4.69) is 123 Å². The van der Waals surface area contributed by atoms with Crippen molar-refractivity contribution in [3.8, 4) is 62.0 Å². The van der Waals surface area contributed by atoms with Crippen LogP contribution < -0.4 is 4.74 Å². The van der Waals surface area contributed by atoms with Crippen LogP contribution in [0.15, 0.2) is 266 Å². The molecule has 31 heteroatoms. The van der Waals surface area contributed by atoms with Gasteiger partial charge in [0, 0.05) is 101 Å². The van der Waals surface area contributed by atoms with Crippen LogP contribution >= 0.6 is 34.5 Å². The summed E-state index contributed by atoms with van der Waals surface area (Å²) in [6.45, 7) is 27.9. The van der Waals surface area contributed by atoms with E-state index in [-0.39, 0.29) is 75.8 Å². The van der Waals surface area contributed by atoms with E-state index in [1.165, 1.54) is 22.1 Å². The second-order valence-electron chi connectivity index (χ2n) is 36.8. The lowest BCUT2D eigenvalue weighted by Crippen LogP contribution is -2.11. The number of benzene rings is 5. The van der Waals surface area contributed by atoms with Crippen LogP contribution in [0.2, 0.25) is 5.02 Å². The minimum Gasteiger partial charge on any atom is -0.497 e. The van der Waals surface area contributed by atoms with Gasteiger partial charge in [0.05, 0.1) is 140 Å². The number of nitrogens with zero attached hydrogens (tertiary/aromatic N) is 19. The molecule has 0 spiro atoms. The fraction of sp³-hybridized carbons (Fsp3) is 0.193. The van der Waals surface area contributed by atoms with Crippen LogP contribution in [0.1, 0.15) is 158 Å². The highest BCUT2D eigenvalue weighted by molar-refractivity contribution is 7.91. The van der Waals surface area contributed by atoms with Crippen LogP contribution in [0.5, 0.6) is 5.75 Å². The zero-order valence-corrected chi connectivity index (χ0v) is 86.4. The summed E-state index contributed by atoms with van der Waals surface area (Å²) in [4.78, 5) is 104. The largest absolute Gasteiger partial charge is 0.497 e. The summed E-state index contributed by atoms with van der Waals surface area (Å²) in [5.41, 5.74) is 34.8. The highest BCUT2D eigenvalue weighted by Crippen LogP contribution is 2.38. The minimum atomic E-state index is -3.50. The fourth-order valence-corrected chi connectivity index (χ4v) is 21.1. The number of aryl methyl sites for hydroxylation is 15. The number of aromatic nitrogens is 19. The predicted molar refractivity (Wildman–Crippen MR) is 570 cm³/mol. The Morgan fingerprint density at radius 1 is 0.386 bits per heavy atom. The van der Waals surface area contributed by atoms with Crippen molar-refractivity contribution in [2.75, 3.05) is 13.4 Å². The number of ketones is 5. The van der Waals surface area contributed by atoms with Crippen LogP contribution in [0.25, 0.3) is 95.8 Å². The van der Waals surface area contributed by atoms with Gasteiger partial charge in [-0.3, -0.25) is 28.4 Å². The second-order valence-corrected chi connectivity index (χ2v) is 40.8. The standard InChI is InChI=1S/C26H24N4O.C25H23N5O2.C22H19ClN2O3S2.C21H20N4O.C20H18N4OS/c1-16-5-8-20(9-6-16)25-21(30-15-18(3)7-10-23(30)28-25)14-22(31)26-19(4)27-24-13-17(2)11-12-29(24)26;1-15-5-10-23-28-24(18-6-8-19(32-4)9-7-18)21(29(23)14-15)12-22(31)20-13-26-30-17(3)11-16(2)27-25(20)30;1-13-4-7-15(8-5-13)21-16(25-11-14(2)6-9-19(25)24-21)10-17(26)22-20(23)18(12-29-22)30(3,27)28;1-14-4-7-16(8-5-14)21-18(10-19(26)17-12-24(3)13-22-17)25-11-15(2)6-9-20(25)23-21;1-12-4-7-15(8-5-12)19-16(10-17(25)20-14(3)22-23-26-20)24-11-13(2)6-9-18(24)21-19/h5-13,15H,14H2,1-4H3;5-11,13-14H,12H2,1-4H3;4-9,11-12H,10H2,1-3H3;4-9,11-13H,10H2,1-3H3;4-9,11H,10H2,1-3H3. The summed E-state index contributed by atoms with van der Waals surface area (Å²) < 4.78 is 48.3. The molecule has 17 heterocycles. The molecular weight excluding hydrogens is 1900 g/mol. The first-order valence-corrected chi connectivity index (χ1v) is 50.9. The number of pyridine rings is 6. The number of carbonyl (C=O) groups is 5. The van der Waals surface area contributed by atoms with Gasteiger partial charge in [-0.1, -0.05) is 166 Å². The second kappa shape index (κ2) is 41.3. The van der Waals surface area contributed by atoms with Gasteiger partial charge in [-0.15, -0.1) is 16.4 Å². The Balaban J connectivity index is 0.000000119. The van der Waals surface area contributed by atoms with Gasteiger partial charge < -0.3 is 31.3 Å². The lowest BCUT2D eigenvalue weighted by atomic mass is 10.0. The Kier molecular flexibility index (Phi) is 28.2. The third-order valence-corrected chi connectivity index (χ3v) is 29.0. The zero-order valence-electron chi connectivity index (χ0n) is 83.2. The number of ether oxygens (including phenoxy) is 1. The molecule has 0 N–H and O–H groups in total. The van der Waals surface area contributed by atoms with E-state index in [4.69, 9.17) is 41.3 Å². The summed E-state index contributed by atoms with van der Waals surface area (Å²) in [7, 11) is 0.00455. The van der Waals surface area contributed by atoms with Crippen molar-refractivity contribution in [3.05, 3.63) is 400 Å². The van der Waals surface area contributed by atoms with Crippen LogP contribution in [0.4, 0.5) is 0 Å². The molecule has 27 nitrogen and oxygen atoms in total. The van der Waals surface area contributed by atoms with Crippen LogP contribution in [0, 0.1) is 96.9 Å². The number of halogens is 1. The number of thiophene rings is 1. The Hall–Kier alpha value is -16.3. The van der Waals surface area contributed by atoms with Crippen LogP contribution in [0.3, 0.4) is 0 Å². The number of Topliss-reactive ketones (excluding diaryl/α,β-unsaturated/α-hetero) is 5. The Bertz CT molecular complexity index is 8920. The molecule has 0 unspecified atom stereocenters. The molecular formula is C114H104ClN19O8S3. The normalized spacial score (nSPS) is 11.4. The van der Waals surface area contributed by atoms with Gasteiger partial charge in [-0.2, -0.15) is 5.10 Å². The van der Waals surface area contributed by atoms with Gasteiger partial charge in [0.1, 0.15) is 55.9 Å². The van der Waals surface area contributed by atoms with Gasteiger partial charge in [-0.05, 0) is 215 Å². The summed E-state index contributed by atoms with van der Waals surface area (Å²) in [5, 5.41) is 9.76. The molecule has 5 aromatic carbocycles. The van der Waals surface area contributed by atoms with E-state index in [0.29, 0.717) is 33.2 Å². The molecule has 22 rings (SSSR count). The molecule has 0 aliphatic heterocycles. The lowest BCUT2D eigenvalue weighted by molar-refractivity contribution is 0.0978. The number of hydrogen-bond acceptors (Lipinski definition) is 21. The van der Waals surface area contributed by atoms with Gasteiger partial charge in [-0.25, -0.2) is 52.8 Å². The third-order valence-electron chi connectivity index (χ3n) is 25.2. The van der Waals surface area contributed by atoms with E-state index >= 15 is 0 Å². The number of sulfone groups is 1. The zero-order chi connectivity index (χ0) is 102. The van der Waals surface area contributed by atoms with Gasteiger partial charge >= 0.3 is 0 Å². The van der Waals surface area contributed by atoms with Crippen LogP contribution in [-0.2, 0) is 49.0 Å². The molecule has 0 bridgehead atoms. The third kappa shape index (κ3) is 21.2. The van der Waals surface area contributed by atoms with Crippen LogP contribution in [-0.4, -0.2) is 141 Å². The molecule has 0 saturated heterocycles. The molecule has 0 atom stereocenters. The fourth-order valence-electron chi connectivity index (χ4n) is 17.7. The lowest BCUT2D eigenvalue weighted by Gasteiger charge is -2.07. The topological polar surface area (TPSA) is 306 Å². The summed E-state index contributed by atoms with van der Waals surface area (Å²) in [6.07, 6.45) is 19.1. The Morgan fingerprint density at radius 3 is 1.12 bits per heavy atom. The summed E-state index contributed by atoms with van der Waals surface area (Å²) in [6, 6.07) is 66.4. The van der Waals surface area contributed by atoms with Crippen molar-refractivity contribution in [1.29, 1.82) is 0 Å². The average Bonchev–Trinajstić information content (AvgIpc) is 1.74. The maximum Gasteiger partial charge on any atom is 0.188 e. The van der Waals surface area contributed by atoms with Crippen molar-refractivity contribution >= 4 is 113 Å². The first-order valence-electron chi connectivity index (χ1n) is 47.0. The first-order chi connectivity index (χ1) is 69.5. The molecule has 728 valence electrons. The molecule has 22 aromatic rings. The average molecular weight is 2000 g/mol. The predicted octanol–water partition coefficient (Wildman–Crippen LogP) is 22.9. The van der Waals surface area contributed by atoms with Crippen molar-refractivity contribution in [1.82, 2.24) is 90.0 Å². The van der Waals surface area contributed by atoms with Gasteiger partial charge in [0.15, 0.2) is 44.4 Å². The van der Waals surface area contributed by atoms with Gasteiger partial charge in [0.25, 0.3) is 0 Å². The van der Waals surface area contributed by atoms with Crippen molar-refractivity contribution < 1.29 is 37.1 Å². The number of carbonyl (C=O) groups excluding carboxylic acids is 5. The highest BCUT2D eigenvalue weighted by Gasteiger charge is 2.30. The van der Waals surface area contributed by atoms with Crippen molar-refractivity contribution in [2.45, 2.75) is 134 Å². The molecule has 145 heavy (non-hydrogen) atoms. The van der Waals surface area contributed by atoms with E-state index in [9.17, 15) is 32.4 Å².